The molecule has 0 aliphatic heterocycles. The Kier molecular flexibility index (Phi) is 3.27. The van der Waals surface area contributed by atoms with E-state index in [0.29, 0.717) is 16.5 Å². The summed E-state index contributed by atoms with van der Waals surface area (Å²) in [4.78, 5) is 0. The molecule has 0 spiro atoms. The third-order valence-corrected chi connectivity index (χ3v) is 2.55. The Morgan fingerprint density at radius 3 is 2.77 bits per heavy atom. The van der Waals surface area contributed by atoms with Gasteiger partial charge in [-0.25, -0.2) is 4.39 Å². The molecule has 4 heteroatoms. The van der Waals surface area contributed by atoms with Crippen LogP contribution < -0.4 is 5.73 Å². The van der Waals surface area contributed by atoms with E-state index in [9.17, 15) is 9.50 Å². The molecule has 0 heterocycles. The molecule has 2 nitrogen and oxygen atoms in total. The summed E-state index contributed by atoms with van der Waals surface area (Å²) in [6.45, 7) is 1.80. The van der Waals surface area contributed by atoms with Crippen LogP contribution in [0.5, 0.6) is 5.75 Å². The number of phenolic OH excluding ortho intramolecular Hbond substituents is 1. The van der Waals surface area contributed by atoms with Crippen LogP contribution in [0.1, 0.15) is 12.5 Å². The van der Waals surface area contributed by atoms with E-state index < -0.39 is 0 Å². The highest BCUT2D eigenvalue weighted by molar-refractivity contribution is 9.10. The van der Waals surface area contributed by atoms with E-state index in [2.05, 4.69) is 15.9 Å². The lowest BCUT2D eigenvalue weighted by Gasteiger charge is -2.10. The second kappa shape index (κ2) is 4.07. The van der Waals surface area contributed by atoms with Crippen molar-refractivity contribution in [3.8, 4) is 5.75 Å². The summed E-state index contributed by atoms with van der Waals surface area (Å²) in [5.41, 5.74) is 6.08. The van der Waals surface area contributed by atoms with Crippen LogP contribution in [-0.4, -0.2) is 11.1 Å². The predicted molar refractivity (Wildman–Crippen MR) is 53.1 cm³/mol. The molecular formula is C9H11BrFNO. The maximum absolute atomic E-state index is 13.0. The quantitative estimate of drug-likeness (QED) is 0.842. The summed E-state index contributed by atoms with van der Waals surface area (Å²) in [5.74, 6) is -0.306. The van der Waals surface area contributed by atoms with Gasteiger partial charge in [0.05, 0.1) is 4.47 Å². The fourth-order valence-corrected chi connectivity index (χ4v) is 1.60. The van der Waals surface area contributed by atoms with Crippen molar-refractivity contribution in [1.82, 2.24) is 0 Å². The van der Waals surface area contributed by atoms with E-state index in [0.717, 1.165) is 0 Å². The molecule has 0 radical (unpaired) electrons. The fraction of sp³-hybridized carbons (Fsp3) is 0.333. The van der Waals surface area contributed by atoms with Crippen LogP contribution in [0.25, 0.3) is 0 Å². The summed E-state index contributed by atoms with van der Waals surface area (Å²) >= 11 is 3.07. The number of halogens is 2. The Morgan fingerprint density at radius 2 is 2.23 bits per heavy atom. The molecule has 1 rings (SSSR count). The Hall–Kier alpha value is -0.610. The van der Waals surface area contributed by atoms with Gasteiger partial charge in [0.1, 0.15) is 11.6 Å². The summed E-state index contributed by atoms with van der Waals surface area (Å²) in [7, 11) is 0. The van der Waals surface area contributed by atoms with Crippen molar-refractivity contribution >= 4 is 15.9 Å². The van der Waals surface area contributed by atoms with Gasteiger partial charge in [-0.3, -0.25) is 0 Å². The third kappa shape index (κ3) is 2.42. The molecule has 72 valence electrons. The van der Waals surface area contributed by atoms with Crippen LogP contribution in [-0.2, 0) is 6.42 Å². The van der Waals surface area contributed by atoms with Crippen LogP contribution in [0.4, 0.5) is 4.39 Å². The van der Waals surface area contributed by atoms with Crippen LogP contribution in [0.2, 0.25) is 0 Å². The zero-order chi connectivity index (χ0) is 10.0. The molecule has 1 aromatic rings. The molecule has 0 fully saturated rings. The minimum Gasteiger partial charge on any atom is -0.508 e. The first kappa shape index (κ1) is 10.5. The Morgan fingerprint density at radius 1 is 1.62 bits per heavy atom. The lowest BCUT2D eigenvalue weighted by molar-refractivity contribution is 0.461. The summed E-state index contributed by atoms with van der Waals surface area (Å²) in [6.07, 6.45) is 0.449. The lowest BCUT2D eigenvalue weighted by atomic mass is 10.1. The molecule has 0 bridgehead atoms. The average molecular weight is 248 g/mol. The molecule has 0 aromatic heterocycles. The summed E-state index contributed by atoms with van der Waals surface area (Å²) in [5, 5.41) is 9.41. The van der Waals surface area contributed by atoms with E-state index in [1.54, 1.807) is 6.92 Å². The third-order valence-electron chi connectivity index (χ3n) is 1.70. The van der Waals surface area contributed by atoms with Crippen LogP contribution in [0.3, 0.4) is 0 Å². The van der Waals surface area contributed by atoms with Crippen molar-refractivity contribution in [2.45, 2.75) is 19.4 Å². The standard InChI is InChI=1S/C9H11BrFNO/c1-5(12)4-6-8(13)3-2-7(11)9(6)10/h2-3,5,13H,4,12H2,1H3. The van der Waals surface area contributed by atoms with E-state index in [-0.39, 0.29) is 17.6 Å². The summed E-state index contributed by atoms with van der Waals surface area (Å²) in [6, 6.07) is 2.44. The van der Waals surface area contributed by atoms with Gasteiger partial charge in [-0.1, -0.05) is 0 Å². The molecule has 0 aliphatic rings. The zero-order valence-corrected chi connectivity index (χ0v) is 8.81. The Balaban J connectivity index is 3.10. The lowest BCUT2D eigenvalue weighted by Crippen LogP contribution is -2.18. The van der Waals surface area contributed by atoms with Crippen molar-refractivity contribution in [1.29, 1.82) is 0 Å². The number of hydrogen-bond donors (Lipinski definition) is 2. The first-order valence-electron chi connectivity index (χ1n) is 3.93. The van der Waals surface area contributed by atoms with Gasteiger partial charge in [0.15, 0.2) is 0 Å². The second-order valence-electron chi connectivity index (χ2n) is 3.04. The largest absolute Gasteiger partial charge is 0.508 e. The smallest absolute Gasteiger partial charge is 0.137 e. The van der Waals surface area contributed by atoms with E-state index in [1.165, 1.54) is 12.1 Å². The molecule has 0 aliphatic carbocycles. The molecule has 1 aromatic carbocycles. The van der Waals surface area contributed by atoms with Crippen molar-refractivity contribution in [3.63, 3.8) is 0 Å². The van der Waals surface area contributed by atoms with Gasteiger partial charge in [0.25, 0.3) is 0 Å². The van der Waals surface area contributed by atoms with Gasteiger partial charge in [0.2, 0.25) is 0 Å². The predicted octanol–water partition coefficient (Wildman–Crippen LogP) is 2.18. The van der Waals surface area contributed by atoms with E-state index in [4.69, 9.17) is 5.73 Å². The maximum Gasteiger partial charge on any atom is 0.137 e. The normalized spacial score (nSPS) is 12.9. The molecule has 1 atom stereocenters. The number of aromatic hydroxyl groups is 1. The van der Waals surface area contributed by atoms with Gasteiger partial charge in [-0.05, 0) is 41.4 Å². The first-order valence-corrected chi connectivity index (χ1v) is 4.73. The highest BCUT2D eigenvalue weighted by atomic mass is 79.9. The molecule has 13 heavy (non-hydrogen) atoms. The number of hydrogen-bond acceptors (Lipinski definition) is 2. The van der Waals surface area contributed by atoms with Crippen LogP contribution in [0, 0.1) is 5.82 Å². The SMILES string of the molecule is CC(N)Cc1c(O)ccc(F)c1Br. The van der Waals surface area contributed by atoms with Gasteiger partial charge in [0, 0.05) is 11.6 Å². The van der Waals surface area contributed by atoms with Gasteiger partial charge in [-0.2, -0.15) is 0 Å². The minimum absolute atomic E-state index is 0.0746. The monoisotopic (exact) mass is 247 g/mol. The van der Waals surface area contributed by atoms with Gasteiger partial charge >= 0.3 is 0 Å². The Labute approximate surface area is 84.7 Å². The van der Waals surface area contributed by atoms with E-state index >= 15 is 0 Å². The average Bonchev–Trinajstić information content (AvgIpc) is 2.05. The van der Waals surface area contributed by atoms with Crippen LogP contribution >= 0.6 is 15.9 Å². The fourth-order valence-electron chi connectivity index (χ4n) is 1.10. The summed E-state index contributed by atoms with van der Waals surface area (Å²) < 4.78 is 13.3. The molecule has 0 amide bonds. The van der Waals surface area contributed by atoms with Crippen LogP contribution in [0.15, 0.2) is 16.6 Å². The topological polar surface area (TPSA) is 46.2 Å². The minimum atomic E-state index is -0.381. The Bertz CT molecular complexity index is 315. The zero-order valence-electron chi connectivity index (χ0n) is 7.22. The first-order chi connectivity index (χ1) is 6.02. The number of rotatable bonds is 2. The highest BCUT2D eigenvalue weighted by Crippen LogP contribution is 2.29. The number of benzene rings is 1. The van der Waals surface area contributed by atoms with Gasteiger partial charge < -0.3 is 10.8 Å². The molecule has 0 saturated carbocycles. The van der Waals surface area contributed by atoms with Crippen molar-refractivity contribution in [2.75, 3.05) is 0 Å². The highest BCUT2D eigenvalue weighted by Gasteiger charge is 2.11. The number of nitrogens with two attached hydrogens (primary N) is 1. The number of phenols is 1. The second-order valence-corrected chi connectivity index (χ2v) is 3.83. The molecule has 0 saturated heterocycles. The molecule has 3 N–H and O–H groups in total. The van der Waals surface area contributed by atoms with Crippen molar-refractivity contribution < 1.29 is 9.50 Å². The maximum atomic E-state index is 13.0. The van der Waals surface area contributed by atoms with E-state index in [1.807, 2.05) is 0 Å². The van der Waals surface area contributed by atoms with Crippen molar-refractivity contribution in [2.24, 2.45) is 5.73 Å². The molecule has 1 unspecified atom stereocenters. The molecular weight excluding hydrogens is 237 g/mol. The van der Waals surface area contributed by atoms with Crippen molar-refractivity contribution in [3.05, 3.63) is 28.0 Å². The van der Waals surface area contributed by atoms with Gasteiger partial charge in [-0.15, -0.1) is 0 Å².